The average Bonchev–Trinajstić information content (AvgIpc) is 3.02. The number of carbonyl (C=O) groups excluding carboxylic acids is 2. The second-order valence-corrected chi connectivity index (χ2v) is 10.5. The molecule has 3 fully saturated rings. The van der Waals surface area contributed by atoms with Gasteiger partial charge in [0, 0.05) is 30.3 Å². The lowest BCUT2D eigenvalue weighted by Crippen LogP contribution is -2.53. The van der Waals surface area contributed by atoms with Gasteiger partial charge in [0.25, 0.3) is 5.91 Å². The summed E-state index contributed by atoms with van der Waals surface area (Å²) in [6, 6.07) is 8.68. The molecule has 1 heterocycles. The molecule has 30 heavy (non-hydrogen) atoms. The molecule has 1 N–H and O–H groups in total. The first-order valence-electron chi connectivity index (χ1n) is 11.5. The highest BCUT2D eigenvalue weighted by Crippen LogP contribution is 2.43. The van der Waals surface area contributed by atoms with Gasteiger partial charge in [-0.2, -0.15) is 0 Å². The summed E-state index contributed by atoms with van der Waals surface area (Å²) in [5, 5.41) is 3.72. The molecule has 3 aliphatic rings. The number of nitrogens with one attached hydrogen (secondary N) is 1. The Morgan fingerprint density at radius 3 is 2.57 bits per heavy atom. The van der Waals surface area contributed by atoms with Crippen LogP contribution in [0.3, 0.4) is 0 Å². The van der Waals surface area contributed by atoms with Crippen molar-refractivity contribution in [2.45, 2.75) is 82.0 Å². The van der Waals surface area contributed by atoms with Crippen molar-refractivity contribution >= 4 is 29.7 Å². The zero-order chi connectivity index (χ0) is 21.1. The SMILES string of the molecule is Cc1ccccc1/C=C1\SC2CCC(C(=O)NC3CCCCCC3)CC2N(C)C1=O. The lowest BCUT2D eigenvalue weighted by Gasteiger charge is -2.44. The van der Waals surface area contributed by atoms with E-state index < -0.39 is 0 Å². The van der Waals surface area contributed by atoms with E-state index in [1.807, 2.05) is 30.2 Å². The van der Waals surface area contributed by atoms with Crippen LogP contribution in [0.2, 0.25) is 0 Å². The first-order valence-corrected chi connectivity index (χ1v) is 12.4. The van der Waals surface area contributed by atoms with E-state index in [1.165, 1.54) is 31.2 Å². The van der Waals surface area contributed by atoms with Crippen LogP contribution >= 0.6 is 11.8 Å². The van der Waals surface area contributed by atoms with Gasteiger partial charge in [0.2, 0.25) is 5.91 Å². The number of likely N-dealkylation sites (N-methyl/N-ethyl adjacent to an activating group) is 1. The molecule has 1 aliphatic heterocycles. The van der Waals surface area contributed by atoms with Crippen molar-refractivity contribution in [1.29, 1.82) is 0 Å². The number of hydrogen-bond donors (Lipinski definition) is 1. The van der Waals surface area contributed by atoms with Crippen molar-refractivity contribution in [3.63, 3.8) is 0 Å². The molecule has 2 amide bonds. The van der Waals surface area contributed by atoms with Crippen molar-refractivity contribution in [2.24, 2.45) is 5.92 Å². The number of thioether (sulfide) groups is 1. The van der Waals surface area contributed by atoms with Gasteiger partial charge in [-0.15, -0.1) is 11.8 Å². The quantitative estimate of drug-likeness (QED) is 0.551. The van der Waals surface area contributed by atoms with E-state index in [9.17, 15) is 9.59 Å². The highest BCUT2D eigenvalue weighted by molar-refractivity contribution is 8.04. The summed E-state index contributed by atoms with van der Waals surface area (Å²) < 4.78 is 0. The van der Waals surface area contributed by atoms with E-state index >= 15 is 0 Å². The van der Waals surface area contributed by atoms with Crippen LogP contribution in [-0.2, 0) is 9.59 Å². The van der Waals surface area contributed by atoms with Gasteiger partial charge >= 0.3 is 0 Å². The predicted molar refractivity (Wildman–Crippen MR) is 124 cm³/mol. The number of fused-ring (bicyclic) bond motifs is 1. The van der Waals surface area contributed by atoms with Gasteiger partial charge in [-0.1, -0.05) is 49.9 Å². The maximum Gasteiger partial charge on any atom is 0.260 e. The summed E-state index contributed by atoms with van der Waals surface area (Å²) in [6.45, 7) is 2.08. The summed E-state index contributed by atoms with van der Waals surface area (Å²) in [6.07, 6.45) is 12.0. The minimum atomic E-state index is 0.0345. The van der Waals surface area contributed by atoms with Crippen LogP contribution in [0.5, 0.6) is 0 Å². The monoisotopic (exact) mass is 426 g/mol. The largest absolute Gasteiger partial charge is 0.353 e. The van der Waals surface area contributed by atoms with Crippen LogP contribution < -0.4 is 5.32 Å². The average molecular weight is 427 g/mol. The molecule has 2 saturated carbocycles. The second-order valence-electron chi connectivity index (χ2n) is 9.21. The van der Waals surface area contributed by atoms with Crippen LogP contribution in [0.1, 0.15) is 68.9 Å². The Morgan fingerprint density at radius 2 is 1.83 bits per heavy atom. The molecule has 2 aliphatic carbocycles. The first kappa shape index (κ1) is 21.5. The van der Waals surface area contributed by atoms with E-state index in [1.54, 1.807) is 11.8 Å². The van der Waals surface area contributed by atoms with E-state index in [2.05, 4.69) is 24.4 Å². The molecule has 1 saturated heterocycles. The number of nitrogens with zero attached hydrogens (tertiary/aromatic N) is 1. The van der Waals surface area contributed by atoms with E-state index in [0.717, 1.165) is 42.6 Å². The molecule has 162 valence electrons. The third kappa shape index (κ3) is 4.77. The molecule has 0 spiro atoms. The Hall–Kier alpha value is -1.75. The summed E-state index contributed by atoms with van der Waals surface area (Å²) in [5.74, 6) is 0.342. The summed E-state index contributed by atoms with van der Waals surface area (Å²) in [4.78, 5) is 28.7. The van der Waals surface area contributed by atoms with Gasteiger partial charge < -0.3 is 10.2 Å². The smallest absolute Gasteiger partial charge is 0.260 e. The fourth-order valence-electron chi connectivity index (χ4n) is 5.17. The van der Waals surface area contributed by atoms with Crippen molar-refractivity contribution < 1.29 is 9.59 Å². The summed E-state index contributed by atoms with van der Waals surface area (Å²) in [7, 11) is 1.91. The second kappa shape index (κ2) is 9.59. The molecular weight excluding hydrogens is 392 g/mol. The minimum Gasteiger partial charge on any atom is -0.353 e. The maximum absolute atomic E-state index is 13.1. The lowest BCUT2D eigenvalue weighted by atomic mass is 9.83. The van der Waals surface area contributed by atoms with Gasteiger partial charge in [-0.05, 0) is 56.2 Å². The number of rotatable bonds is 3. The molecule has 4 rings (SSSR count). The van der Waals surface area contributed by atoms with E-state index in [-0.39, 0.29) is 23.8 Å². The van der Waals surface area contributed by atoms with Crippen molar-refractivity contribution in [3.05, 3.63) is 40.3 Å². The molecule has 1 aromatic rings. The van der Waals surface area contributed by atoms with Crippen molar-refractivity contribution in [1.82, 2.24) is 10.2 Å². The van der Waals surface area contributed by atoms with Gasteiger partial charge in [0.1, 0.15) is 0 Å². The fraction of sp³-hybridized carbons (Fsp3) is 0.600. The highest BCUT2D eigenvalue weighted by Gasteiger charge is 2.43. The molecule has 4 nitrogen and oxygen atoms in total. The summed E-state index contributed by atoms with van der Waals surface area (Å²) >= 11 is 1.72. The molecule has 3 atom stereocenters. The van der Waals surface area contributed by atoms with E-state index in [0.29, 0.717) is 11.3 Å². The number of carbonyl (C=O) groups is 2. The van der Waals surface area contributed by atoms with Crippen molar-refractivity contribution in [3.8, 4) is 0 Å². The van der Waals surface area contributed by atoms with Crippen LogP contribution in [-0.4, -0.2) is 41.1 Å². The normalized spacial score (nSPS) is 29.4. The summed E-state index contributed by atoms with van der Waals surface area (Å²) in [5.41, 5.74) is 2.29. The fourth-order valence-corrected chi connectivity index (χ4v) is 6.64. The third-order valence-electron chi connectivity index (χ3n) is 7.11. The zero-order valence-corrected chi connectivity index (χ0v) is 19.0. The number of benzene rings is 1. The van der Waals surface area contributed by atoms with Gasteiger partial charge in [-0.25, -0.2) is 0 Å². The highest BCUT2D eigenvalue weighted by atomic mass is 32.2. The zero-order valence-electron chi connectivity index (χ0n) is 18.2. The van der Waals surface area contributed by atoms with Gasteiger partial charge in [0.15, 0.2) is 0 Å². The van der Waals surface area contributed by atoms with Gasteiger partial charge in [-0.3, -0.25) is 9.59 Å². The number of hydrogen-bond acceptors (Lipinski definition) is 3. The van der Waals surface area contributed by atoms with Crippen LogP contribution in [0, 0.1) is 12.8 Å². The molecular formula is C25H34N2O2S. The van der Waals surface area contributed by atoms with Crippen molar-refractivity contribution in [2.75, 3.05) is 7.05 Å². The molecule has 0 bridgehead atoms. The van der Waals surface area contributed by atoms with E-state index in [4.69, 9.17) is 0 Å². The standard InChI is InChI=1S/C25H34N2O2S/c1-17-9-7-8-10-18(17)16-23-25(29)27(2)21-15-19(13-14-22(21)30-23)24(28)26-20-11-5-3-4-6-12-20/h7-10,16,19-22H,3-6,11-15H2,1-2H3,(H,26,28)/b23-16-. The Morgan fingerprint density at radius 1 is 1.10 bits per heavy atom. The molecule has 0 radical (unpaired) electrons. The molecule has 3 unspecified atom stereocenters. The Balaban J connectivity index is 1.41. The molecule has 0 aromatic heterocycles. The molecule has 1 aromatic carbocycles. The Labute approximate surface area is 184 Å². The Bertz CT molecular complexity index is 813. The number of amides is 2. The number of aryl methyl sites for hydroxylation is 1. The third-order valence-corrected chi connectivity index (χ3v) is 8.51. The Kier molecular flexibility index (Phi) is 6.87. The topological polar surface area (TPSA) is 49.4 Å². The van der Waals surface area contributed by atoms with Crippen LogP contribution in [0.25, 0.3) is 6.08 Å². The first-order chi connectivity index (χ1) is 14.5. The minimum absolute atomic E-state index is 0.0345. The molecule has 5 heteroatoms. The predicted octanol–water partition coefficient (Wildman–Crippen LogP) is 4.92. The van der Waals surface area contributed by atoms with Crippen LogP contribution in [0.15, 0.2) is 29.2 Å². The lowest BCUT2D eigenvalue weighted by molar-refractivity contribution is -0.132. The maximum atomic E-state index is 13.1. The van der Waals surface area contributed by atoms with Gasteiger partial charge in [0.05, 0.1) is 4.91 Å². The van der Waals surface area contributed by atoms with Crippen LogP contribution in [0.4, 0.5) is 0 Å².